The maximum atomic E-state index is 2.70. The van der Waals surface area contributed by atoms with Crippen molar-refractivity contribution in [3.05, 3.63) is 184 Å². The highest BCUT2D eigenvalue weighted by Gasteiger charge is 2.50. The first-order chi connectivity index (χ1) is 26.7. The molecule has 2 heteroatoms. The van der Waals surface area contributed by atoms with Gasteiger partial charge in [-0.25, -0.2) is 0 Å². The Morgan fingerprint density at radius 3 is 1.98 bits per heavy atom. The zero-order chi connectivity index (χ0) is 38.1. The van der Waals surface area contributed by atoms with E-state index in [4.69, 9.17) is 0 Å². The van der Waals surface area contributed by atoms with Gasteiger partial charge < -0.3 is 9.80 Å². The average molecular weight is 725 g/mol. The molecule has 6 aliphatic carbocycles. The number of anilines is 2. The normalized spacial score (nSPS) is 29.9. The van der Waals surface area contributed by atoms with Gasteiger partial charge in [0.05, 0.1) is 12.1 Å². The van der Waals surface area contributed by atoms with Gasteiger partial charge in [-0.15, -0.1) is 0 Å². The van der Waals surface area contributed by atoms with E-state index in [9.17, 15) is 0 Å². The molecule has 0 N–H and O–H groups in total. The van der Waals surface area contributed by atoms with Crippen molar-refractivity contribution in [1.29, 1.82) is 0 Å². The van der Waals surface area contributed by atoms with E-state index in [1.807, 2.05) is 0 Å². The number of rotatable bonds is 10. The van der Waals surface area contributed by atoms with Gasteiger partial charge in [0.15, 0.2) is 0 Å². The molecule has 0 aromatic heterocycles. The van der Waals surface area contributed by atoms with Crippen LogP contribution in [-0.2, 0) is 0 Å². The minimum atomic E-state index is 0.300. The third-order valence-corrected chi connectivity index (χ3v) is 13.2. The lowest BCUT2D eigenvalue weighted by Gasteiger charge is -2.39. The number of nitrogens with zero attached hydrogens (tertiary/aromatic N) is 2. The summed E-state index contributed by atoms with van der Waals surface area (Å²) in [4.78, 5) is 5.19. The second-order valence-electron chi connectivity index (χ2n) is 17.2. The van der Waals surface area contributed by atoms with Gasteiger partial charge in [0.1, 0.15) is 0 Å². The summed E-state index contributed by atoms with van der Waals surface area (Å²) in [6.45, 7) is 13.8. The Morgan fingerprint density at radius 2 is 1.31 bits per heavy atom. The van der Waals surface area contributed by atoms with Crippen molar-refractivity contribution in [3.8, 4) is 0 Å². The van der Waals surface area contributed by atoms with Gasteiger partial charge in [-0.1, -0.05) is 153 Å². The number of aryl methyl sites for hydroxylation is 1. The first-order valence-corrected chi connectivity index (χ1v) is 21.0. The van der Waals surface area contributed by atoms with E-state index in [2.05, 4.69) is 197 Å². The molecule has 0 saturated heterocycles. The summed E-state index contributed by atoms with van der Waals surface area (Å²) in [6.07, 6.45) is 43.8. The molecule has 2 nitrogen and oxygen atoms in total. The second kappa shape index (κ2) is 16.1. The quantitative estimate of drug-likeness (QED) is 0.241. The number of benzene rings is 2. The third-order valence-electron chi connectivity index (χ3n) is 13.2. The van der Waals surface area contributed by atoms with Crippen molar-refractivity contribution in [2.24, 2.45) is 35.5 Å². The van der Waals surface area contributed by atoms with Crippen molar-refractivity contribution >= 4 is 17.5 Å². The maximum Gasteiger partial charge on any atom is 0.0562 e. The van der Waals surface area contributed by atoms with Gasteiger partial charge in [-0.05, 0) is 130 Å². The minimum absolute atomic E-state index is 0.300. The van der Waals surface area contributed by atoms with Gasteiger partial charge in [-0.3, -0.25) is 0 Å². The van der Waals surface area contributed by atoms with Crippen molar-refractivity contribution in [3.63, 3.8) is 0 Å². The Morgan fingerprint density at radius 1 is 0.600 bits per heavy atom. The Hall–Kier alpha value is -4.82. The van der Waals surface area contributed by atoms with Crippen LogP contribution in [-0.4, -0.2) is 17.0 Å². The molecule has 7 unspecified atom stereocenters. The van der Waals surface area contributed by atoms with E-state index in [1.165, 1.54) is 56.9 Å². The molecule has 0 spiro atoms. The lowest BCUT2D eigenvalue weighted by molar-refractivity contribution is 0.297. The number of hydrogen-bond acceptors (Lipinski definition) is 2. The van der Waals surface area contributed by atoms with E-state index in [1.54, 1.807) is 5.70 Å². The molecule has 282 valence electrons. The molecule has 0 aliphatic heterocycles. The molecule has 8 rings (SSSR count). The zero-order valence-electron chi connectivity index (χ0n) is 33.9. The van der Waals surface area contributed by atoms with Crippen molar-refractivity contribution < 1.29 is 0 Å². The maximum absolute atomic E-state index is 2.70. The van der Waals surface area contributed by atoms with Crippen LogP contribution in [0.2, 0.25) is 0 Å². The smallest absolute Gasteiger partial charge is 0.0562 e. The molecule has 0 radical (unpaired) electrons. The topological polar surface area (TPSA) is 6.48 Å². The first-order valence-electron chi connectivity index (χ1n) is 21.0. The van der Waals surface area contributed by atoms with Gasteiger partial charge in [-0.2, -0.15) is 0 Å². The third kappa shape index (κ3) is 8.40. The van der Waals surface area contributed by atoms with Crippen LogP contribution in [0.25, 0.3) is 6.08 Å². The van der Waals surface area contributed by atoms with Crippen molar-refractivity contribution in [2.75, 3.05) is 4.90 Å². The molecule has 1 saturated carbocycles. The lowest BCUT2D eigenvalue weighted by atomic mass is 9.84. The van der Waals surface area contributed by atoms with Crippen LogP contribution >= 0.6 is 0 Å². The minimum Gasteiger partial charge on any atom is -0.338 e. The molecular formula is C53H60N2. The largest absolute Gasteiger partial charge is 0.338 e. The monoisotopic (exact) mass is 724 g/mol. The van der Waals surface area contributed by atoms with Crippen molar-refractivity contribution in [2.45, 2.75) is 85.7 Å². The Bertz CT molecular complexity index is 2080. The molecule has 0 heterocycles. The van der Waals surface area contributed by atoms with Crippen LogP contribution in [0, 0.1) is 42.4 Å². The summed E-state index contributed by atoms with van der Waals surface area (Å²) in [5, 5.41) is 0. The fourth-order valence-corrected chi connectivity index (χ4v) is 9.15. The average Bonchev–Trinajstić information content (AvgIpc) is 4.01. The molecule has 55 heavy (non-hydrogen) atoms. The molecule has 0 bridgehead atoms. The zero-order valence-corrected chi connectivity index (χ0v) is 33.9. The van der Waals surface area contributed by atoms with Gasteiger partial charge >= 0.3 is 0 Å². The summed E-state index contributed by atoms with van der Waals surface area (Å²) in [5.74, 6) is 4.10. The highest BCUT2D eigenvalue weighted by molar-refractivity contribution is 5.68. The number of hydrogen-bond donors (Lipinski definition) is 0. The predicted octanol–water partition coefficient (Wildman–Crippen LogP) is 13.7. The first kappa shape index (κ1) is 37.1. The molecule has 6 aliphatic rings. The Labute approximate surface area is 331 Å². The van der Waals surface area contributed by atoms with Gasteiger partial charge in [0.25, 0.3) is 0 Å². The van der Waals surface area contributed by atoms with Gasteiger partial charge in [0.2, 0.25) is 0 Å². The van der Waals surface area contributed by atoms with Crippen LogP contribution in [0.15, 0.2) is 173 Å². The lowest BCUT2D eigenvalue weighted by Crippen LogP contribution is -2.36. The second-order valence-corrected chi connectivity index (χ2v) is 17.2. The van der Waals surface area contributed by atoms with Gasteiger partial charge in [0, 0.05) is 28.7 Å². The fourth-order valence-electron chi connectivity index (χ4n) is 9.15. The SMILES string of the molecule is CC1=CCC(N(c2ccc(C)cc2)c2ccc(/C=C\C3=CCC(C=CC4=CCC(N(C5=CCC(C)C=C5)C5=CC(C)[C@H](C)C6CC56)C=C4)C=C3)cc2)C=C1C. The Balaban J connectivity index is 0.880. The highest BCUT2D eigenvalue weighted by Crippen LogP contribution is 2.56. The van der Waals surface area contributed by atoms with Crippen LogP contribution in [0.3, 0.4) is 0 Å². The van der Waals surface area contributed by atoms with Crippen LogP contribution in [0.5, 0.6) is 0 Å². The number of allylic oxidation sites excluding steroid dienone is 16. The fraction of sp³-hybridized carbons (Fsp3) is 0.358. The van der Waals surface area contributed by atoms with E-state index >= 15 is 0 Å². The van der Waals surface area contributed by atoms with Crippen molar-refractivity contribution in [1.82, 2.24) is 4.90 Å². The summed E-state index contributed by atoms with van der Waals surface area (Å²) in [7, 11) is 0. The molecule has 0 amide bonds. The van der Waals surface area contributed by atoms with Crippen LogP contribution in [0.4, 0.5) is 11.4 Å². The Kier molecular flexibility index (Phi) is 10.9. The van der Waals surface area contributed by atoms with E-state index in [-0.39, 0.29) is 0 Å². The highest BCUT2D eigenvalue weighted by atomic mass is 15.2. The van der Waals surface area contributed by atoms with Crippen LogP contribution < -0.4 is 4.90 Å². The van der Waals surface area contributed by atoms with E-state index in [0.717, 1.165) is 43.4 Å². The summed E-state index contributed by atoms with van der Waals surface area (Å²) in [5.41, 5.74) is 13.3. The summed E-state index contributed by atoms with van der Waals surface area (Å²) < 4.78 is 0. The molecule has 2 aromatic rings. The summed E-state index contributed by atoms with van der Waals surface area (Å²) >= 11 is 0. The standard InChI is InChI=1S/C53H60N2/c1-36-7-24-46(25-8-36)54(50-28-11-38(3)39(4)33-50)47-29-20-44(21-30-47)18-16-42-12-14-43(15-13-42)17-19-45-22-31-49(32-23-45)55(48-26-9-37(2)10-27-48)53-34-40(5)41(6)51-35-52(51)53/h7-9,11-14,16-27,29-31,33-34,37,40-41,43,49-52H,10,15,28,32,35H2,1-6H3/b18-16-,19-17?/t37?,40?,41-,43?,49?,50?,51?,52?/m0/s1. The van der Waals surface area contributed by atoms with Crippen LogP contribution in [0.1, 0.15) is 77.8 Å². The van der Waals surface area contributed by atoms with E-state index in [0.29, 0.717) is 29.8 Å². The molecular weight excluding hydrogens is 665 g/mol. The predicted molar refractivity (Wildman–Crippen MR) is 236 cm³/mol. The molecule has 8 atom stereocenters. The summed E-state index contributed by atoms with van der Waals surface area (Å²) in [6, 6.07) is 18.7. The van der Waals surface area contributed by atoms with E-state index < -0.39 is 0 Å². The molecule has 2 aromatic carbocycles. The molecule has 1 fully saturated rings. The number of fused-ring (bicyclic) bond motifs is 1.